The summed E-state index contributed by atoms with van der Waals surface area (Å²) in [6.07, 6.45) is 1.66. The number of nitrogens with zero attached hydrogens (tertiary/aromatic N) is 1. The number of benzene rings is 2. The number of carbonyl (C=O) groups is 1. The monoisotopic (exact) mass is 284 g/mol. The average Bonchev–Trinajstić information content (AvgIpc) is 2.41. The molecule has 0 heterocycles. The van der Waals surface area contributed by atoms with Gasteiger partial charge in [-0.3, -0.25) is 4.79 Å². The number of amides is 1. The van der Waals surface area contributed by atoms with Crippen molar-refractivity contribution in [2.75, 3.05) is 0 Å². The Morgan fingerprint density at radius 2 is 1.95 bits per heavy atom. The van der Waals surface area contributed by atoms with E-state index in [4.69, 9.17) is 0 Å². The normalized spacial score (nSPS) is 10.7. The quantitative estimate of drug-likeness (QED) is 0.594. The van der Waals surface area contributed by atoms with E-state index in [1.54, 1.807) is 36.4 Å². The fourth-order valence-corrected chi connectivity index (χ4v) is 1.87. The molecule has 1 amide bonds. The number of nitrogens with one attached hydrogen (secondary N) is 1. The number of aromatic hydroxyl groups is 2. The highest BCUT2D eigenvalue weighted by Gasteiger charge is 2.03. The van der Waals surface area contributed by atoms with Crippen LogP contribution in [0.3, 0.4) is 0 Å². The van der Waals surface area contributed by atoms with E-state index in [2.05, 4.69) is 10.5 Å². The molecule has 108 valence electrons. The zero-order valence-electron chi connectivity index (χ0n) is 11.6. The first kappa shape index (κ1) is 14.6. The van der Waals surface area contributed by atoms with Crippen LogP contribution < -0.4 is 5.43 Å². The van der Waals surface area contributed by atoms with Gasteiger partial charge in [0, 0.05) is 0 Å². The maximum absolute atomic E-state index is 11.7. The van der Waals surface area contributed by atoms with E-state index in [0.29, 0.717) is 5.56 Å². The van der Waals surface area contributed by atoms with E-state index in [0.717, 1.165) is 11.1 Å². The SMILES string of the molecule is Cc1cc(O)ccc1C=NNC(=O)Cc1cccc(O)c1. The average molecular weight is 284 g/mol. The first-order valence-electron chi connectivity index (χ1n) is 6.44. The van der Waals surface area contributed by atoms with Gasteiger partial charge in [0.2, 0.25) is 5.91 Å². The molecule has 2 aromatic rings. The van der Waals surface area contributed by atoms with Gasteiger partial charge in [-0.2, -0.15) is 5.10 Å². The summed E-state index contributed by atoms with van der Waals surface area (Å²) in [6, 6.07) is 11.4. The number of phenols is 2. The van der Waals surface area contributed by atoms with E-state index in [9.17, 15) is 15.0 Å². The van der Waals surface area contributed by atoms with Crippen LogP contribution in [0.5, 0.6) is 11.5 Å². The Hall–Kier alpha value is -2.82. The molecule has 0 radical (unpaired) electrons. The van der Waals surface area contributed by atoms with E-state index in [-0.39, 0.29) is 23.8 Å². The molecule has 2 aromatic carbocycles. The zero-order chi connectivity index (χ0) is 15.2. The summed E-state index contributed by atoms with van der Waals surface area (Å²) in [5.41, 5.74) is 4.81. The Morgan fingerprint density at radius 3 is 2.67 bits per heavy atom. The molecule has 0 saturated carbocycles. The third kappa shape index (κ3) is 4.35. The van der Waals surface area contributed by atoms with Crippen LogP contribution >= 0.6 is 0 Å². The molecule has 5 heteroatoms. The van der Waals surface area contributed by atoms with Crippen molar-refractivity contribution < 1.29 is 15.0 Å². The van der Waals surface area contributed by atoms with Crippen LogP contribution in [0, 0.1) is 6.92 Å². The third-order valence-corrected chi connectivity index (χ3v) is 2.92. The first-order valence-corrected chi connectivity index (χ1v) is 6.44. The smallest absolute Gasteiger partial charge is 0.244 e. The van der Waals surface area contributed by atoms with Crippen LogP contribution in [0.4, 0.5) is 0 Å². The van der Waals surface area contributed by atoms with Gasteiger partial charge in [-0.25, -0.2) is 5.43 Å². The second-order valence-corrected chi connectivity index (χ2v) is 4.68. The summed E-state index contributed by atoms with van der Waals surface area (Å²) < 4.78 is 0. The molecular formula is C16H16N2O3. The van der Waals surface area contributed by atoms with Gasteiger partial charge in [-0.15, -0.1) is 0 Å². The van der Waals surface area contributed by atoms with Crippen LogP contribution in [0.2, 0.25) is 0 Å². The lowest BCUT2D eigenvalue weighted by atomic mass is 10.1. The largest absolute Gasteiger partial charge is 0.508 e. The summed E-state index contributed by atoms with van der Waals surface area (Å²) in [7, 11) is 0. The first-order chi connectivity index (χ1) is 10.0. The van der Waals surface area contributed by atoms with Gasteiger partial charge in [0.1, 0.15) is 11.5 Å². The molecule has 0 aliphatic rings. The number of hydrogen-bond donors (Lipinski definition) is 3. The number of aryl methyl sites for hydroxylation is 1. The Balaban J connectivity index is 1.93. The minimum atomic E-state index is -0.270. The lowest BCUT2D eigenvalue weighted by Crippen LogP contribution is -2.19. The Labute approximate surface area is 122 Å². The highest BCUT2D eigenvalue weighted by Crippen LogP contribution is 2.14. The molecule has 0 unspecified atom stereocenters. The fourth-order valence-electron chi connectivity index (χ4n) is 1.87. The van der Waals surface area contributed by atoms with Gasteiger partial charge in [-0.1, -0.05) is 12.1 Å². The second-order valence-electron chi connectivity index (χ2n) is 4.68. The van der Waals surface area contributed by atoms with Crippen LogP contribution in [-0.2, 0) is 11.2 Å². The van der Waals surface area contributed by atoms with E-state index in [1.807, 2.05) is 6.92 Å². The molecule has 5 nitrogen and oxygen atoms in total. The Morgan fingerprint density at radius 1 is 1.19 bits per heavy atom. The molecule has 0 fully saturated rings. The maximum Gasteiger partial charge on any atom is 0.244 e. The minimum absolute atomic E-state index is 0.128. The van der Waals surface area contributed by atoms with Crippen LogP contribution in [-0.4, -0.2) is 22.3 Å². The van der Waals surface area contributed by atoms with E-state index in [1.165, 1.54) is 12.3 Å². The summed E-state index contributed by atoms with van der Waals surface area (Å²) in [5, 5.41) is 22.5. The number of phenolic OH excluding ortho intramolecular Hbond substituents is 2. The molecule has 0 aliphatic heterocycles. The molecule has 0 aliphatic carbocycles. The number of rotatable bonds is 4. The molecule has 2 rings (SSSR count). The minimum Gasteiger partial charge on any atom is -0.508 e. The van der Waals surface area contributed by atoms with Crippen molar-refractivity contribution in [2.24, 2.45) is 5.10 Å². The van der Waals surface area contributed by atoms with Gasteiger partial charge in [0.05, 0.1) is 12.6 Å². The number of hydrazone groups is 1. The molecule has 21 heavy (non-hydrogen) atoms. The summed E-state index contributed by atoms with van der Waals surface area (Å²) in [6.45, 7) is 1.84. The lowest BCUT2D eigenvalue weighted by Gasteiger charge is -2.02. The third-order valence-electron chi connectivity index (χ3n) is 2.92. The van der Waals surface area contributed by atoms with E-state index >= 15 is 0 Å². The zero-order valence-corrected chi connectivity index (χ0v) is 11.6. The fraction of sp³-hybridized carbons (Fsp3) is 0.125. The predicted octanol–water partition coefficient (Wildman–Crippen LogP) is 2.10. The van der Waals surface area contributed by atoms with Crippen LogP contribution in [0.25, 0.3) is 0 Å². The van der Waals surface area contributed by atoms with Crippen molar-refractivity contribution in [2.45, 2.75) is 13.3 Å². The van der Waals surface area contributed by atoms with Gasteiger partial charge < -0.3 is 10.2 Å². The summed E-state index contributed by atoms with van der Waals surface area (Å²) in [4.78, 5) is 11.7. The Kier molecular flexibility index (Phi) is 4.56. The van der Waals surface area contributed by atoms with E-state index < -0.39 is 0 Å². The highest BCUT2D eigenvalue weighted by atomic mass is 16.3. The molecule has 3 N–H and O–H groups in total. The van der Waals surface area contributed by atoms with Crippen LogP contribution in [0.1, 0.15) is 16.7 Å². The highest BCUT2D eigenvalue weighted by molar-refractivity contribution is 5.84. The van der Waals surface area contributed by atoms with Crippen molar-refractivity contribution in [3.05, 3.63) is 59.2 Å². The number of carbonyl (C=O) groups excluding carboxylic acids is 1. The van der Waals surface area contributed by atoms with Crippen molar-refractivity contribution in [3.63, 3.8) is 0 Å². The van der Waals surface area contributed by atoms with Gasteiger partial charge >= 0.3 is 0 Å². The van der Waals surface area contributed by atoms with Crippen molar-refractivity contribution in [1.82, 2.24) is 5.43 Å². The van der Waals surface area contributed by atoms with Gasteiger partial charge in [0.25, 0.3) is 0 Å². The summed E-state index contributed by atoms with van der Waals surface area (Å²) in [5.74, 6) is 0.0503. The van der Waals surface area contributed by atoms with Crippen molar-refractivity contribution in [1.29, 1.82) is 0 Å². The molecular weight excluding hydrogens is 268 g/mol. The molecule has 0 aromatic heterocycles. The molecule has 0 bridgehead atoms. The van der Waals surface area contributed by atoms with Gasteiger partial charge in [-0.05, 0) is 53.9 Å². The van der Waals surface area contributed by atoms with Crippen molar-refractivity contribution in [3.8, 4) is 11.5 Å². The molecule has 0 saturated heterocycles. The number of hydrogen-bond acceptors (Lipinski definition) is 4. The lowest BCUT2D eigenvalue weighted by molar-refractivity contribution is -0.120. The molecule has 0 atom stereocenters. The maximum atomic E-state index is 11.7. The molecule has 0 spiro atoms. The van der Waals surface area contributed by atoms with Crippen molar-refractivity contribution >= 4 is 12.1 Å². The topological polar surface area (TPSA) is 81.9 Å². The van der Waals surface area contributed by atoms with Gasteiger partial charge in [0.15, 0.2) is 0 Å². The summed E-state index contributed by atoms with van der Waals surface area (Å²) >= 11 is 0. The Bertz CT molecular complexity index is 681. The standard InChI is InChI=1S/C16H16N2O3/c1-11-7-15(20)6-5-13(11)10-17-18-16(21)9-12-3-2-4-14(19)8-12/h2-8,10,19-20H,9H2,1H3,(H,18,21). The van der Waals surface area contributed by atoms with Crippen LogP contribution in [0.15, 0.2) is 47.6 Å². The second kappa shape index (κ2) is 6.56. The predicted molar refractivity (Wildman–Crippen MR) is 80.4 cm³/mol.